The lowest BCUT2D eigenvalue weighted by Crippen LogP contribution is -2.63. The van der Waals surface area contributed by atoms with Crippen molar-refractivity contribution in [3.8, 4) is 0 Å². The van der Waals surface area contributed by atoms with E-state index < -0.39 is 0 Å². The van der Waals surface area contributed by atoms with E-state index in [1.165, 1.54) is 5.57 Å². The Morgan fingerprint density at radius 1 is 1.41 bits per heavy atom. The average molecular weight is 236 g/mol. The molecule has 0 aromatic rings. The predicted octanol–water partition coefficient (Wildman–Crippen LogP) is 1.08. The van der Waals surface area contributed by atoms with Crippen LogP contribution in [-0.2, 0) is 9.59 Å². The molecule has 0 aromatic carbocycles. The number of allylic oxidation sites excluding steroid dienone is 1. The van der Waals surface area contributed by atoms with Crippen LogP contribution < -0.4 is 5.32 Å². The van der Waals surface area contributed by atoms with Gasteiger partial charge in [-0.2, -0.15) is 0 Å². The molecular formula is C13H20N2O2. The zero-order valence-corrected chi connectivity index (χ0v) is 10.7. The molecule has 2 rings (SSSR count). The molecule has 0 spiro atoms. The number of carbonyl (C=O) groups is 2. The molecule has 1 N–H and O–H groups in total. The van der Waals surface area contributed by atoms with Crippen LogP contribution in [0.25, 0.3) is 0 Å². The van der Waals surface area contributed by atoms with E-state index in [9.17, 15) is 9.59 Å². The van der Waals surface area contributed by atoms with Gasteiger partial charge in [0.2, 0.25) is 11.8 Å². The molecule has 4 heteroatoms. The zero-order valence-electron chi connectivity index (χ0n) is 10.7. The summed E-state index contributed by atoms with van der Waals surface area (Å²) in [4.78, 5) is 25.8. The second-order valence-corrected chi connectivity index (χ2v) is 5.27. The molecule has 1 heterocycles. The van der Waals surface area contributed by atoms with Gasteiger partial charge < -0.3 is 10.2 Å². The molecule has 2 atom stereocenters. The minimum Gasteiger partial charge on any atom is -0.342 e. The monoisotopic (exact) mass is 236 g/mol. The number of hydrogen-bond acceptors (Lipinski definition) is 2. The van der Waals surface area contributed by atoms with Gasteiger partial charge in [-0.15, -0.1) is 0 Å². The second-order valence-electron chi connectivity index (χ2n) is 5.27. The first-order chi connectivity index (χ1) is 8.00. The van der Waals surface area contributed by atoms with E-state index in [4.69, 9.17) is 0 Å². The standard InChI is InChI=1S/C13H20N2O2/c1-8(2)6-7-15-9(3)12(16)14-11(13(15)17)10-4-5-10/h6,9-11H,4-5,7H2,1-3H3,(H,14,16). The van der Waals surface area contributed by atoms with Crippen molar-refractivity contribution < 1.29 is 9.59 Å². The fourth-order valence-corrected chi connectivity index (χ4v) is 2.12. The van der Waals surface area contributed by atoms with Crippen molar-refractivity contribution in [3.63, 3.8) is 0 Å². The number of piperazine rings is 1. The van der Waals surface area contributed by atoms with Gasteiger partial charge in [-0.1, -0.05) is 11.6 Å². The minimum absolute atomic E-state index is 0.0244. The molecule has 2 fully saturated rings. The summed E-state index contributed by atoms with van der Waals surface area (Å²) in [6.45, 7) is 6.32. The van der Waals surface area contributed by atoms with Gasteiger partial charge in [0.05, 0.1) is 0 Å². The Bertz CT molecular complexity index is 368. The molecule has 2 aliphatic rings. The van der Waals surface area contributed by atoms with Gasteiger partial charge in [-0.05, 0) is 39.5 Å². The van der Waals surface area contributed by atoms with Gasteiger partial charge >= 0.3 is 0 Å². The van der Waals surface area contributed by atoms with Crippen LogP contribution in [0.4, 0.5) is 0 Å². The maximum absolute atomic E-state index is 12.3. The normalized spacial score (nSPS) is 29.0. The number of carbonyl (C=O) groups excluding carboxylic acids is 2. The van der Waals surface area contributed by atoms with E-state index in [1.54, 1.807) is 11.8 Å². The maximum Gasteiger partial charge on any atom is 0.246 e. The topological polar surface area (TPSA) is 49.4 Å². The summed E-state index contributed by atoms with van der Waals surface area (Å²) in [5.74, 6) is 0.425. The Labute approximate surface area is 102 Å². The molecule has 2 amide bonds. The summed E-state index contributed by atoms with van der Waals surface area (Å²) in [6, 6.07) is -0.627. The molecule has 0 bridgehead atoms. The van der Waals surface area contributed by atoms with Gasteiger partial charge in [0.25, 0.3) is 0 Å². The van der Waals surface area contributed by atoms with E-state index in [1.807, 2.05) is 19.9 Å². The lowest BCUT2D eigenvalue weighted by atomic mass is 10.0. The van der Waals surface area contributed by atoms with E-state index in [0.717, 1.165) is 12.8 Å². The molecule has 4 nitrogen and oxygen atoms in total. The molecule has 2 unspecified atom stereocenters. The lowest BCUT2D eigenvalue weighted by Gasteiger charge is -2.37. The molecule has 1 saturated heterocycles. The zero-order chi connectivity index (χ0) is 12.6. The Balaban J connectivity index is 2.12. The van der Waals surface area contributed by atoms with Crippen molar-refractivity contribution in [3.05, 3.63) is 11.6 Å². The molecule has 94 valence electrons. The first kappa shape index (κ1) is 12.1. The van der Waals surface area contributed by atoms with Crippen molar-refractivity contribution >= 4 is 11.8 Å². The third-order valence-corrected chi connectivity index (χ3v) is 3.48. The van der Waals surface area contributed by atoms with E-state index >= 15 is 0 Å². The summed E-state index contributed by atoms with van der Waals surface area (Å²) >= 11 is 0. The third-order valence-electron chi connectivity index (χ3n) is 3.48. The van der Waals surface area contributed by atoms with E-state index in [2.05, 4.69) is 5.32 Å². The lowest BCUT2D eigenvalue weighted by molar-refractivity contribution is -0.148. The van der Waals surface area contributed by atoms with Crippen molar-refractivity contribution in [2.24, 2.45) is 5.92 Å². The number of amides is 2. The molecule has 1 aliphatic heterocycles. The Kier molecular flexibility index (Phi) is 3.22. The highest BCUT2D eigenvalue weighted by Crippen LogP contribution is 2.34. The summed E-state index contributed by atoms with van der Waals surface area (Å²) in [5, 5.41) is 2.84. The molecule has 0 aromatic heterocycles. The Morgan fingerprint density at radius 3 is 2.59 bits per heavy atom. The first-order valence-corrected chi connectivity index (χ1v) is 6.25. The van der Waals surface area contributed by atoms with Crippen molar-refractivity contribution in [2.45, 2.75) is 45.7 Å². The largest absolute Gasteiger partial charge is 0.342 e. The fourth-order valence-electron chi connectivity index (χ4n) is 2.12. The highest BCUT2D eigenvalue weighted by molar-refractivity contribution is 5.97. The predicted molar refractivity (Wildman–Crippen MR) is 65.3 cm³/mol. The number of rotatable bonds is 3. The molecule has 1 aliphatic carbocycles. The summed E-state index contributed by atoms with van der Waals surface area (Å²) in [7, 11) is 0. The van der Waals surface area contributed by atoms with Crippen LogP contribution in [0.3, 0.4) is 0 Å². The maximum atomic E-state index is 12.3. The van der Waals surface area contributed by atoms with Crippen LogP contribution in [0.1, 0.15) is 33.6 Å². The van der Waals surface area contributed by atoms with Gasteiger partial charge in [0.15, 0.2) is 0 Å². The van der Waals surface area contributed by atoms with Crippen LogP contribution >= 0.6 is 0 Å². The van der Waals surface area contributed by atoms with Gasteiger partial charge in [-0.25, -0.2) is 0 Å². The number of hydrogen-bond donors (Lipinski definition) is 1. The highest BCUT2D eigenvalue weighted by Gasteiger charge is 2.45. The van der Waals surface area contributed by atoms with Crippen LogP contribution in [0, 0.1) is 5.92 Å². The molecule has 1 saturated carbocycles. The molecule has 0 radical (unpaired) electrons. The fraction of sp³-hybridized carbons (Fsp3) is 0.692. The Hall–Kier alpha value is -1.32. The molecular weight excluding hydrogens is 216 g/mol. The van der Waals surface area contributed by atoms with Crippen LogP contribution in [0.2, 0.25) is 0 Å². The van der Waals surface area contributed by atoms with Crippen LogP contribution in [0.5, 0.6) is 0 Å². The van der Waals surface area contributed by atoms with Crippen molar-refractivity contribution in [1.29, 1.82) is 0 Å². The quantitative estimate of drug-likeness (QED) is 0.745. The van der Waals surface area contributed by atoms with Crippen molar-refractivity contribution in [1.82, 2.24) is 10.2 Å². The second kappa shape index (κ2) is 4.51. The van der Waals surface area contributed by atoms with Gasteiger partial charge in [-0.3, -0.25) is 9.59 Å². The molecule has 17 heavy (non-hydrogen) atoms. The van der Waals surface area contributed by atoms with Crippen LogP contribution in [0.15, 0.2) is 11.6 Å². The van der Waals surface area contributed by atoms with Gasteiger partial charge in [0, 0.05) is 6.54 Å². The smallest absolute Gasteiger partial charge is 0.246 e. The SMILES string of the molecule is CC(C)=CCN1C(=O)C(C2CC2)NC(=O)C1C. The van der Waals surface area contributed by atoms with E-state index in [-0.39, 0.29) is 23.9 Å². The third kappa shape index (κ3) is 2.51. The first-order valence-electron chi connectivity index (χ1n) is 6.25. The number of nitrogens with one attached hydrogen (secondary N) is 1. The van der Waals surface area contributed by atoms with Gasteiger partial charge in [0.1, 0.15) is 12.1 Å². The summed E-state index contributed by atoms with van der Waals surface area (Å²) in [6.07, 6.45) is 4.11. The Morgan fingerprint density at radius 2 is 2.06 bits per heavy atom. The minimum atomic E-state index is -0.354. The average Bonchev–Trinajstić information content (AvgIpc) is 3.06. The van der Waals surface area contributed by atoms with Crippen LogP contribution in [-0.4, -0.2) is 35.3 Å². The summed E-state index contributed by atoms with van der Waals surface area (Å²) in [5.41, 5.74) is 1.17. The highest BCUT2D eigenvalue weighted by atomic mass is 16.2. The van der Waals surface area contributed by atoms with Crippen molar-refractivity contribution in [2.75, 3.05) is 6.54 Å². The summed E-state index contributed by atoms with van der Waals surface area (Å²) < 4.78 is 0. The van der Waals surface area contributed by atoms with E-state index in [0.29, 0.717) is 12.5 Å². The number of nitrogens with zero attached hydrogens (tertiary/aromatic N) is 1.